The maximum absolute atomic E-state index is 12.4. The highest BCUT2D eigenvalue weighted by atomic mass is 16.5. The zero-order valence-corrected chi connectivity index (χ0v) is 15.6. The van der Waals surface area contributed by atoms with Crippen molar-refractivity contribution in [3.63, 3.8) is 0 Å². The lowest BCUT2D eigenvalue weighted by Crippen LogP contribution is -2.38. The van der Waals surface area contributed by atoms with E-state index >= 15 is 0 Å². The van der Waals surface area contributed by atoms with E-state index in [9.17, 15) is 9.59 Å². The Morgan fingerprint density at radius 2 is 1.48 bits per heavy atom. The molecule has 0 aromatic heterocycles. The van der Waals surface area contributed by atoms with Gasteiger partial charge in [-0.3, -0.25) is 4.79 Å². The highest BCUT2D eigenvalue weighted by Gasteiger charge is 2.46. The third-order valence-electron chi connectivity index (χ3n) is 4.50. The fourth-order valence-electron chi connectivity index (χ4n) is 2.96. The van der Waals surface area contributed by atoms with E-state index in [1.165, 1.54) is 6.92 Å². The molecule has 1 fully saturated rings. The van der Waals surface area contributed by atoms with E-state index in [-0.39, 0.29) is 17.5 Å². The fraction of sp³-hybridized carbons (Fsp3) is 0.300. The zero-order chi connectivity index (χ0) is 19.4. The molecular weight excluding hydrogens is 346 g/mol. The van der Waals surface area contributed by atoms with Gasteiger partial charge in [-0.2, -0.15) is 0 Å². The van der Waals surface area contributed by atoms with Crippen molar-refractivity contribution in [1.82, 2.24) is 5.32 Å². The Hall–Kier alpha value is -3.22. The molecule has 0 saturated heterocycles. The number of carbonyl (C=O) groups is 2. The summed E-state index contributed by atoms with van der Waals surface area (Å²) in [5.74, 6) is 1.15. The predicted molar refractivity (Wildman–Crippen MR) is 103 cm³/mol. The topological polar surface area (TPSA) is 88.7 Å². The first kappa shape index (κ1) is 18.6. The minimum Gasteiger partial charge on any atom is -0.493 e. The Labute approximate surface area is 158 Å². The number of anilines is 2. The van der Waals surface area contributed by atoms with Crippen LogP contribution in [0, 0.1) is 0 Å². The van der Waals surface area contributed by atoms with E-state index in [2.05, 4.69) is 16.0 Å². The number of ether oxygens (including phenoxy) is 2. The van der Waals surface area contributed by atoms with Crippen LogP contribution >= 0.6 is 0 Å². The molecule has 7 nitrogen and oxygen atoms in total. The molecule has 0 spiro atoms. The largest absolute Gasteiger partial charge is 0.493 e. The van der Waals surface area contributed by atoms with Crippen LogP contribution in [0.4, 0.5) is 16.2 Å². The van der Waals surface area contributed by atoms with Crippen molar-refractivity contribution in [2.75, 3.05) is 24.9 Å². The Kier molecular flexibility index (Phi) is 5.21. The third kappa shape index (κ3) is 4.31. The summed E-state index contributed by atoms with van der Waals surface area (Å²) >= 11 is 0. The van der Waals surface area contributed by atoms with E-state index in [4.69, 9.17) is 9.47 Å². The van der Waals surface area contributed by atoms with Gasteiger partial charge in [-0.15, -0.1) is 0 Å². The molecule has 0 radical (unpaired) electrons. The van der Waals surface area contributed by atoms with Crippen LogP contribution in [0.1, 0.15) is 25.3 Å². The van der Waals surface area contributed by atoms with E-state index in [0.29, 0.717) is 22.9 Å². The Bertz CT molecular complexity index is 845. The molecule has 1 aliphatic rings. The van der Waals surface area contributed by atoms with E-state index in [0.717, 1.165) is 18.4 Å². The molecule has 0 heterocycles. The number of carbonyl (C=O) groups excluding carboxylic acids is 2. The number of amides is 3. The lowest BCUT2D eigenvalue weighted by Gasteiger charge is -2.20. The van der Waals surface area contributed by atoms with Gasteiger partial charge in [0.2, 0.25) is 5.91 Å². The first-order valence-electron chi connectivity index (χ1n) is 8.65. The van der Waals surface area contributed by atoms with Crippen molar-refractivity contribution in [1.29, 1.82) is 0 Å². The van der Waals surface area contributed by atoms with Crippen LogP contribution in [0.15, 0.2) is 42.5 Å². The SMILES string of the molecule is COc1ccc(C2(NC(=O)Nc3ccc(NC(C)=O)cc3)CC2)cc1OC. The number of hydrogen-bond donors (Lipinski definition) is 3. The van der Waals surface area contributed by atoms with E-state index < -0.39 is 0 Å². The highest BCUT2D eigenvalue weighted by Crippen LogP contribution is 2.47. The third-order valence-corrected chi connectivity index (χ3v) is 4.50. The predicted octanol–water partition coefficient (Wildman–Crippen LogP) is 3.47. The van der Waals surface area contributed by atoms with Crippen LogP contribution in [0.25, 0.3) is 0 Å². The fourth-order valence-corrected chi connectivity index (χ4v) is 2.96. The van der Waals surface area contributed by atoms with Crippen molar-refractivity contribution in [3.05, 3.63) is 48.0 Å². The van der Waals surface area contributed by atoms with Gasteiger partial charge in [-0.05, 0) is 54.8 Å². The molecule has 3 amide bonds. The molecule has 142 valence electrons. The van der Waals surface area contributed by atoms with Crippen molar-refractivity contribution >= 4 is 23.3 Å². The Morgan fingerprint density at radius 3 is 2.00 bits per heavy atom. The maximum atomic E-state index is 12.4. The minimum atomic E-state index is -0.389. The lowest BCUT2D eigenvalue weighted by molar-refractivity contribution is -0.114. The van der Waals surface area contributed by atoms with Crippen molar-refractivity contribution < 1.29 is 19.1 Å². The van der Waals surface area contributed by atoms with Crippen molar-refractivity contribution in [3.8, 4) is 11.5 Å². The molecule has 3 N–H and O–H groups in total. The summed E-state index contributed by atoms with van der Waals surface area (Å²) in [4.78, 5) is 23.5. The second-order valence-electron chi connectivity index (χ2n) is 6.49. The molecular formula is C20H23N3O4. The smallest absolute Gasteiger partial charge is 0.319 e. The average Bonchev–Trinajstić information content (AvgIpc) is 3.42. The standard InChI is InChI=1S/C20H23N3O4/c1-13(24)21-15-5-7-16(8-6-15)22-19(25)23-20(10-11-20)14-4-9-17(26-2)18(12-14)27-3/h4-9,12H,10-11H2,1-3H3,(H,21,24)(H2,22,23,25). The van der Waals surface area contributed by atoms with Gasteiger partial charge in [-0.25, -0.2) is 4.79 Å². The van der Waals surface area contributed by atoms with Gasteiger partial charge in [0.1, 0.15) is 0 Å². The van der Waals surface area contributed by atoms with Crippen LogP contribution < -0.4 is 25.4 Å². The summed E-state index contributed by atoms with van der Waals surface area (Å²) in [7, 11) is 3.18. The van der Waals surface area contributed by atoms with E-state index in [1.807, 2.05) is 18.2 Å². The molecule has 1 aliphatic carbocycles. The monoisotopic (exact) mass is 369 g/mol. The number of benzene rings is 2. The van der Waals surface area contributed by atoms with Crippen molar-refractivity contribution in [2.24, 2.45) is 0 Å². The Morgan fingerprint density at radius 1 is 0.889 bits per heavy atom. The molecule has 2 aromatic rings. The van der Waals surface area contributed by atoms with E-state index in [1.54, 1.807) is 38.5 Å². The quantitative estimate of drug-likeness (QED) is 0.727. The normalized spacial score (nSPS) is 14.0. The van der Waals surface area contributed by atoms with Gasteiger partial charge >= 0.3 is 6.03 Å². The summed E-state index contributed by atoms with van der Waals surface area (Å²) < 4.78 is 10.6. The summed E-state index contributed by atoms with van der Waals surface area (Å²) in [5, 5.41) is 8.56. The van der Waals surface area contributed by atoms with Gasteiger partial charge in [0.25, 0.3) is 0 Å². The number of hydrogen-bond acceptors (Lipinski definition) is 4. The molecule has 27 heavy (non-hydrogen) atoms. The second-order valence-corrected chi connectivity index (χ2v) is 6.49. The molecule has 0 aliphatic heterocycles. The van der Waals surface area contributed by atoms with Crippen LogP contribution in [0.3, 0.4) is 0 Å². The molecule has 0 atom stereocenters. The van der Waals surface area contributed by atoms with Gasteiger partial charge in [0, 0.05) is 18.3 Å². The number of rotatable bonds is 6. The van der Waals surface area contributed by atoms with Gasteiger partial charge < -0.3 is 25.4 Å². The highest BCUT2D eigenvalue weighted by molar-refractivity contribution is 5.91. The lowest BCUT2D eigenvalue weighted by atomic mass is 10.0. The number of nitrogens with one attached hydrogen (secondary N) is 3. The molecule has 1 saturated carbocycles. The molecule has 2 aromatic carbocycles. The zero-order valence-electron chi connectivity index (χ0n) is 15.6. The minimum absolute atomic E-state index is 0.140. The van der Waals surface area contributed by atoms with Gasteiger partial charge in [0.15, 0.2) is 11.5 Å². The summed E-state index contributed by atoms with van der Waals surface area (Å²) in [6.45, 7) is 1.45. The molecule has 7 heteroatoms. The summed E-state index contributed by atoms with van der Waals surface area (Å²) in [6.07, 6.45) is 1.72. The van der Waals surface area contributed by atoms with Crippen molar-refractivity contribution in [2.45, 2.75) is 25.3 Å². The number of methoxy groups -OCH3 is 2. The maximum Gasteiger partial charge on any atom is 0.319 e. The number of urea groups is 1. The second kappa shape index (κ2) is 7.57. The van der Waals surface area contributed by atoms with Crippen LogP contribution in [-0.4, -0.2) is 26.2 Å². The van der Waals surface area contributed by atoms with Crippen LogP contribution in [0.2, 0.25) is 0 Å². The Balaban J connectivity index is 1.66. The first-order chi connectivity index (χ1) is 13.0. The van der Waals surface area contributed by atoms with Crippen LogP contribution in [-0.2, 0) is 10.3 Å². The molecule has 0 bridgehead atoms. The van der Waals surface area contributed by atoms with Gasteiger partial charge in [-0.1, -0.05) is 6.07 Å². The average molecular weight is 369 g/mol. The molecule has 0 unspecified atom stereocenters. The van der Waals surface area contributed by atoms with Gasteiger partial charge in [0.05, 0.1) is 19.8 Å². The summed E-state index contributed by atoms with van der Waals surface area (Å²) in [6, 6.07) is 12.3. The summed E-state index contributed by atoms with van der Waals surface area (Å²) in [5.41, 5.74) is 1.92. The van der Waals surface area contributed by atoms with Crippen LogP contribution in [0.5, 0.6) is 11.5 Å². The molecule has 3 rings (SSSR count). The first-order valence-corrected chi connectivity index (χ1v) is 8.65.